The van der Waals surface area contributed by atoms with Crippen LogP contribution in [-0.2, 0) is 11.3 Å². The molecule has 0 radical (unpaired) electrons. The Balaban J connectivity index is 1.84. The number of aryl methyl sites for hydroxylation is 1. The Morgan fingerprint density at radius 1 is 1.07 bits per heavy atom. The van der Waals surface area contributed by atoms with Crippen LogP contribution in [0.3, 0.4) is 0 Å². The summed E-state index contributed by atoms with van der Waals surface area (Å²) >= 11 is 7.41. The van der Waals surface area contributed by atoms with Crippen molar-refractivity contribution in [3.63, 3.8) is 0 Å². The molecule has 146 valence electrons. The third-order valence-corrected chi connectivity index (χ3v) is 5.80. The lowest BCUT2D eigenvalue weighted by molar-refractivity contribution is -0.116. The largest absolute Gasteiger partial charge is 0.337 e. The Bertz CT molecular complexity index is 1340. The molecule has 2 heterocycles. The fourth-order valence-electron chi connectivity index (χ4n) is 3.11. The lowest BCUT2D eigenvalue weighted by Crippen LogP contribution is -2.40. The molecule has 2 aromatic heterocycles. The molecular weight excluding hydrogens is 410 g/mol. The van der Waals surface area contributed by atoms with Gasteiger partial charge in [0.2, 0.25) is 5.91 Å². The molecule has 0 saturated carbocycles. The Morgan fingerprint density at radius 2 is 1.76 bits per heavy atom. The van der Waals surface area contributed by atoms with Crippen LogP contribution in [0.25, 0.3) is 15.9 Å². The van der Waals surface area contributed by atoms with Crippen LogP contribution in [0.2, 0.25) is 5.02 Å². The molecule has 1 N–H and O–H groups in total. The number of benzene rings is 2. The first kappa shape index (κ1) is 19.2. The Hall–Kier alpha value is -3.16. The molecule has 0 aliphatic heterocycles. The van der Waals surface area contributed by atoms with Gasteiger partial charge in [0.15, 0.2) is 0 Å². The molecule has 0 fully saturated rings. The Morgan fingerprint density at radius 3 is 2.48 bits per heavy atom. The number of carbonyl (C=O) groups is 1. The van der Waals surface area contributed by atoms with E-state index in [2.05, 4.69) is 5.32 Å². The molecule has 8 heteroatoms. The van der Waals surface area contributed by atoms with Crippen molar-refractivity contribution in [1.82, 2.24) is 9.13 Å². The number of hydrogen-bond donors (Lipinski definition) is 1. The Kier molecular flexibility index (Phi) is 5.08. The van der Waals surface area contributed by atoms with E-state index in [0.717, 1.165) is 9.44 Å². The zero-order valence-electron chi connectivity index (χ0n) is 15.4. The van der Waals surface area contributed by atoms with Crippen LogP contribution in [-0.4, -0.2) is 15.0 Å². The van der Waals surface area contributed by atoms with Gasteiger partial charge in [0.25, 0.3) is 5.56 Å². The number of nitrogens with zero attached hydrogens (tertiary/aromatic N) is 2. The number of amides is 1. The maximum atomic E-state index is 13.2. The number of carbonyl (C=O) groups excluding carboxylic acids is 1. The zero-order valence-corrected chi connectivity index (χ0v) is 17.0. The van der Waals surface area contributed by atoms with Crippen LogP contribution in [0.5, 0.6) is 0 Å². The van der Waals surface area contributed by atoms with E-state index in [9.17, 15) is 14.4 Å². The van der Waals surface area contributed by atoms with E-state index in [0.29, 0.717) is 26.6 Å². The van der Waals surface area contributed by atoms with E-state index in [1.54, 1.807) is 60.7 Å². The summed E-state index contributed by atoms with van der Waals surface area (Å²) in [4.78, 5) is 40.2. The molecule has 4 aromatic rings. The molecule has 0 unspecified atom stereocenters. The molecule has 0 atom stereocenters. The van der Waals surface area contributed by atoms with Crippen molar-refractivity contribution in [3.05, 3.63) is 91.4 Å². The summed E-state index contributed by atoms with van der Waals surface area (Å²) in [7, 11) is 0. The molecule has 0 spiro atoms. The van der Waals surface area contributed by atoms with Gasteiger partial charge in [-0.25, -0.2) is 9.36 Å². The molecule has 6 nitrogen and oxygen atoms in total. The fourth-order valence-corrected chi connectivity index (χ4v) is 4.28. The molecule has 0 saturated heterocycles. The van der Waals surface area contributed by atoms with Gasteiger partial charge in [0, 0.05) is 4.88 Å². The van der Waals surface area contributed by atoms with Gasteiger partial charge in [-0.15, -0.1) is 11.3 Å². The smallest absolute Gasteiger partial charge is 0.323 e. The number of thiophene rings is 1. The topological polar surface area (TPSA) is 73.1 Å². The van der Waals surface area contributed by atoms with Crippen LogP contribution in [0, 0.1) is 6.92 Å². The minimum absolute atomic E-state index is 0.242. The SMILES string of the molecule is Cc1cc2c(=O)n(-c3ccccc3)c(=O)n(CC(=O)Nc3ccccc3Cl)c2s1. The second-order valence-electron chi connectivity index (χ2n) is 6.45. The van der Waals surface area contributed by atoms with E-state index < -0.39 is 17.2 Å². The highest BCUT2D eigenvalue weighted by molar-refractivity contribution is 7.18. The van der Waals surface area contributed by atoms with Crippen LogP contribution in [0.4, 0.5) is 5.69 Å². The van der Waals surface area contributed by atoms with Crippen molar-refractivity contribution < 1.29 is 4.79 Å². The van der Waals surface area contributed by atoms with Gasteiger partial charge in [0.1, 0.15) is 11.4 Å². The van der Waals surface area contributed by atoms with Gasteiger partial charge in [-0.05, 0) is 37.3 Å². The van der Waals surface area contributed by atoms with Crippen molar-refractivity contribution >= 4 is 44.7 Å². The van der Waals surface area contributed by atoms with E-state index in [1.165, 1.54) is 15.9 Å². The van der Waals surface area contributed by atoms with Crippen LogP contribution < -0.4 is 16.6 Å². The summed E-state index contributed by atoms with van der Waals surface area (Å²) in [5.74, 6) is -0.411. The van der Waals surface area contributed by atoms with Crippen molar-refractivity contribution in [3.8, 4) is 5.69 Å². The van der Waals surface area contributed by atoms with E-state index >= 15 is 0 Å². The lowest BCUT2D eigenvalue weighted by Gasteiger charge is -2.12. The first-order valence-corrected chi connectivity index (χ1v) is 10.0. The molecule has 29 heavy (non-hydrogen) atoms. The molecule has 1 amide bonds. The third kappa shape index (κ3) is 3.62. The monoisotopic (exact) mass is 425 g/mol. The highest BCUT2D eigenvalue weighted by atomic mass is 35.5. The van der Waals surface area contributed by atoms with Crippen molar-refractivity contribution in [2.75, 3.05) is 5.32 Å². The normalized spacial score (nSPS) is 11.0. The van der Waals surface area contributed by atoms with Crippen molar-refractivity contribution in [2.45, 2.75) is 13.5 Å². The summed E-state index contributed by atoms with van der Waals surface area (Å²) in [6.07, 6.45) is 0. The Labute approximate surface area is 174 Å². The van der Waals surface area contributed by atoms with Crippen LogP contribution in [0.15, 0.2) is 70.3 Å². The van der Waals surface area contributed by atoms with Gasteiger partial charge in [-0.3, -0.25) is 14.2 Å². The van der Waals surface area contributed by atoms with Gasteiger partial charge in [0.05, 0.1) is 21.8 Å². The molecular formula is C21H16ClN3O3S. The molecule has 4 rings (SSSR count). The molecule has 2 aromatic carbocycles. The number of anilines is 1. The number of para-hydroxylation sites is 2. The second kappa shape index (κ2) is 7.69. The number of hydrogen-bond acceptors (Lipinski definition) is 4. The summed E-state index contributed by atoms with van der Waals surface area (Å²) < 4.78 is 2.42. The summed E-state index contributed by atoms with van der Waals surface area (Å²) in [5.41, 5.74) is -0.0520. The van der Waals surface area contributed by atoms with Gasteiger partial charge in [-0.2, -0.15) is 0 Å². The van der Waals surface area contributed by atoms with Gasteiger partial charge >= 0.3 is 5.69 Å². The number of halogens is 1. The van der Waals surface area contributed by atoms with Crippen molar-refractivity contribution in [2.24, 2.45) is 0 Å². The number of nitrogens with one attached hydrogen (secondary N) is 1. The van der Waals surface area contributed by atoms with E-state index in [-0.39, 0.29) is 6.54 Å². The molecule has 0 aliphatic rings. The summed E-state index contributed by atoms with van der Waals surface area (Å²) in [6, 6.07) is 17.3. The summed E-state index contributed by atoms with van der Waals surface area (Å²) in [5, 5.41) is 3.52. The van der Waals surface area contributed by atoms with Crippen LogP contribution in [0.1, 0.15) is 4.88 Å². The summed E-state index contributed by atoms with van der Waals surface area (Å²) in [6.45, 7) is 1.61. The zero-order chi connectivity index (χ0) is 20.5. The van der Waals surface area contributed by atoms with Crippen molar-refractivity contribution in [1.29, 1.82) is 0 Å². The second-order valence-corrected chi connectivity index (χ2v) is 8.09. The average molecular weight is 426 g/mol. The third-order valence-electron chi connectivity index (χ3n) is 4.40. The number of fused-ring (bicyclic) bond motifs is 1. The predicted octanol–water partition coefficient (Wildman–Crippen LogP) is 3.81. The number of rotatable bonds is 4. The minimum atomic E-state index is -0.565. The number of aromatic nitrogens is 2. The fraction of sp³-hybridized carbons (Fsp3) is 0.0952. The maximum Gasteiger partial charge on any atom is 0.337 e. The lowest BCUT2D eigenvalue weighted by atomic mass is 10.3. The quantitative estimate of drug-likeness (QED) is 0.540. The highest BCUT2D eigenvalue weighted by Gasteiger charge is 2.18. The van der Waals surface area contributed by atoms with Crippen LogP contribution >= 0.6 is 22.9 Å². The first-order valence-electron chi connectivity index (χ1n) is 8.81. The predicted molar refractivity (Wildman–Crippen MR) is 117 cm³/mol. The average Bonchev–Trinajstić information content (AvgIpc) is 3.10. The van der Waals surface area contributed by atoms with E-state index in [1.807, 2.05) is 6.92 Å². The van der Waals surface area contributed by atoms with Gasteiger partial charge < -0.3 is 5.32 Å². The standard InChI is InChI=1S/C21H16ClN3O3S/c1-13-11-15-19(27)25(14-7-3-2-4-8-14)21(28)24(20(15)29-13)12-18(26)23-17-10-6-5-9-16(17)22/h2-11H,12H2,1H3,(H,23,26). The van der Waals surface area contributed by atoms with E-state index in [4.69, 9.17) is 11.6 Å². The molecule has 0 bridgehead atoms. The maximum absolute atomic E-state index is 13.2. The minimum Gasteiger partial charge on any atom is -0.323 e. The first-order chi connectivity index (χ1) is 14.0. The van der Waals surface area contributed by atoms with Gasteiger partial charge in [-0.1, -0.05) is 41.9 Å². The molecule has 0 aliphatic carbocycles. The highest BCUT2D eigenvalue weighted by Crippen LogP contribution is 2.23.